The van der Waals surface area contributed by atoms with Gasteiger partial charge >= 0.3 is 0 Å². The number of carbonyl (C=O) groups excluding carboxylic acids is 2. The predicted octanol–water partition coefficient (Wildman–Crippen LogP) is 0.413. The van der Waals surface area contributed by atoms with Crippen LogP contribution in [0.2, 0.25) is 0 Å². The SMILES string of the molecule is O=C1c2ccccc2C(=O)N1CCS(=O)(=O)Nc1ccc[nH]c1=O. The summed E-state index contributed by atoms with van der Waals surface area (Å²) in [5, 5.41) is 0. The first-order chi connectivity index (χ1) is 11.4. The number of fused-ring (bicyclic) bond motifs is 1. The highest BCUT2D eigenvalue weighted by atomic mass is 32.2. The van der Waals surface area contributed by atoms with Crippen LogP contribution in [0.3, 0.4) is 0 Å². The van der Waals surface area contributed by atoms with Gasteiger partial charge in [-0.3, -0.25) is 24.0 Å². The zero-order valence-corrected chi connectivity index (χ0v) is 13.2. The van der Waals surface area contributed by atoms with Gasteiger partial charge in [-0.1, -0.05) is 12.1 Å². The molecule has 0 bridgehead atoms. The minimum absolute atomic E-state index is 0.125. The molecule has 1 aliphatic heterocycles. The third-order valence-corrected chi connectivity index (χ3v) is 4.80. The summed E-state index contributed by atoms with van der Waals surface area (Å²) in [6, 6.07) is 9.10. The number of hydrogen-bond donors (Lipinski definition) is 2. The van der Waals surface area contributed by atoms with E-state index < -0.39 is 33.1 Å². The molecule has 1 aromatic carbocycles. The molecule has 2 heterocycles. The maximum absolute atomic E-state index is 12.2. The van der Waals surface area contributed by atoms with Crippen molar-refractivity contribution >= 4 is 27.5 Å². The highest BCUT2D eigenvalue weighted by molar-refractivity contribution is 7.92. The number of sulfonamides is 1. The van der Waals surface area contributed by atoms with Gasteiger partial charge in [0, 0.05) is 12.7 Å². The van der Waals surface area contributed by atoms with E-state index in [1.807, 2.05) is 0 Å². The van der Waals surface area contributed by atoms with Crippen molar-refractivity contribution in [3.05, 3.63) is 64.1 Å². The van der Waals surface area contributed by atoms with Crippen LogP contribution in [-0.2, 0) is 10.0 Å². The van der Waals surface area contributed by atoms with Crippen LogP contribution in [0, 0.1) is 0 Å². The molecule has 1 aromatic heterocycles. The van der Waals surface area contributed by atoms with Gasteiger partial charge in [0.05, 0.1) is 16.9 Å². The maximum atomic E-state index is 12.2. The molecular weight excluding hydrogens is 334 g/mol. The second-order valence-electron chi connectivity index (χ2n) is 5.14. The standard InChI is InChI=1S/C15H13N3O5S/c19-13-12(6-3-7-16-13)17-24(22,23)9-8-18-14(20)10-4-1-2-5-11(10)15(18)21/h1-7,17H,8-9H2,(H,16,19). The monoisotopic (exact) mass is 347 g/mol. The Balaban J connectivity index is 1.72. The third kappa shape index (κ3) is 2.93. The summed E-state index contributed by atoms with van der Waals surface area (Å²) in [6.45, 7) is -0.299. The number of imide groups is 1. The normalized spacial score (nSPS) is 13.9. The number of aromatic amines is 1. The molecule has 0 fully saturated rings. The summed E-state index contributed by atoms with van der Waals surface area (Å²) >= 11 is 0. The fraction of sp³-hybridized carbons (Fsp3) is 0.133. The van der Waals surface area contributed by atoms with Crippen molar-refractivity contribution in [2.24, 2.45) is 0 Å². The average molecular weight is 347 g/mol. The van der Waals surface area contributed by atoms with E-state index in [1.54, 1.807) is 12.1 Å². The minimum atomic E-state index is -3.89. The molecule has 0 radical (unpaired) electrons. The molecule has 2 amide bonds. The molecular formula is C15H13N3O5S. The van der Waals surface area contributed by atoms with Crippen LogP contribution in [0.1, 0.15) is 20.7 Å². The lowest BCUT2D eigenvalue weighted by atomic mass is 10.1. The van der Waals surface area contributed by atoms with Crippen molar-refractivity contribution in [3.63, 3.8) is 0 Å². The van der Waals surface area contributed by atoms with Crippen LogP contribution in [0.5, 0.6) is 0 Å². The minimum Gasteiger partial charge on any atom is -0.327 e. The van der Waals surface area contributed by atoms with Crippen LogP contribution >= 0.6 is 0 Å². The van der Waals surface area contributed by atoms with Gasteiger partial charge in [-0.25, -0.2) is 8.42 Å². The molecule has 0 unspecified atom stereocenters. The van der Waals surface area contributed by atoms with E-state index in [4.69, 9.17) is 0 Å². The third-order valence-electron chi connectivity index (χ3n) is 3.55. The van der Waals surface area contributed by atoms with Crippen molar-refractivity contribution in [1.82, 2.24) is 9.88 Å². The molecule has 24 heavy (non-hydrogen) atoms. The van der Waals surface area contributed by atoms with Crippen LogP contribution in [0.4, 0.5) is 5.69 Å². The van der Waals surface area contributed by atoms with Crippen LogP contribution in [0.15, 0.2) is 47.4 Å². The molecule has 2 aromatic rings. The van der Waals surface area contributed by atoms with E-state index >= 15 is 0 Å². The molecule has 124 valence electrons. The van der Waals surface area contributed by atoms with Crippen LogP contribution in [-0.4, -0.2) is 42.4 Å². The second-order valence-corrected chi connectivity index (χ2v) is 6.98. The van der Waals surface area contributed by atoms with E-state index in [2.05, 4.69) is 9.71 Å². The van der Waals surface area contributed by atoms with Gasteiger partial charge in [-0.2, -0.15) is 0 Å². The number of nitrogens with one attached hydrogen (secondary N) is 2. The van der Waals surface area contributed by atoms with Gasteiger partial charge in [-0.15, -0.1) is 0 Å². The van der Waals surface area contributed by atoms with Crippen LogP contribution < -0.4 is 10.3 Å². The average Bonchev–Trinajstić information content (AvgIpc) is 2.80. The zero-order valence-electron chi connectivity index (χ0n) is 12.4. The van der Waals surface area contributed by atoms with E-state index in [-0.39, 0.29) is 23.4 Å². The Labute approximate surface area is 137 Å². The van der Waals surface area contributed by atoms with Crippen LogP contribution in [0.25, 0.3) is 0 Å². The lowest BCUT2D eigenvalue weighted by molar-refractivity contribution is 0.0664. The Morgan fingerprint density at radius 1 is 0.958 bits per heavy atom. The number of pyridine rings is 1. The number of anilines is 1. The molecule has 0 saturated heterocycles. The smallest absolute Gasteiger partial charge is 0.272 e. The van der Waals surface area contributed by atoms with Gasteiger partial charge in [0.25, 0.3) is 17.4 Å². The fourth-order valence-electron chi connectivity index (χ4n) is 2.37. The molecule has 3 rings (SSSR count). The van der Waals surface area contributed by atoms with E-state index in [1.165, 1.54) is 30.5 Å². The van der Waals surface area contributed by atoms with Gasteiger partial charge in [-0.05, 0) is 24.3 Å². The number of carbonyl (C=O) groups is 2. The Morgan fingerprint density at radius 2 is 1.58 bits per heavy atom. The number of hydrogen-bond acceptors (Lipinski definition) is 5. The Hall–Kier alpha value is -2.94. The van der Waals surface area contributed by atoms with Crippen molar-refractivity contribution in [3.8, 4) is 0 Å². The molecule has 9 heteroatoms. The van der Waals surface area contributed by atoms with Gasteiger partial charge < -0.3 is 4.98 Å². The molecule has 8 nitrogen and oxygen atoms in total. The molecule has 0 atom stereocenters. The first-order valence-electron chi connectivity index (χ1n) is 7.02. The Morgan fingerprint density at radius 3 is 2.17 bits per heavy atom. The zero-order chi connectivity index (χ0) is 17.3. The molecule has 0 saturated carbocycles. The number of amides is 2. The number of H-pyrrole nitrogens is 1. The lowest BCUT2D eigenvalue weighted by Crippen LogP contribution is -2.36. The fourth-order valence-corrected chi connectivity index (χ4v) is 3.39. The quantitative estimate of drug-likeness (QED) is 0.760. The highest BCUT2D eigenvalue weighted by Crippen LogP contribution is 2.22. The largest absolute Gasteiger partial charge is 0.327 e. The summed E-state index contributed by atoms with van der Waals surface area (Å²) in [6.07, 6.45) is 1.37. The van der Waals surface area contributed by atoms with E-state index in [0.717, 1.165) is 4.90 Å². The number of rotatable bonds is 5. The Bertz CT molecular complexity index is 945. The van der Waals surface area contributed by atoms with Gasteiger partial charge in [0.2, 0.25) is 10.0 Å². The Kier molecular flexibility index (Phi) is 3.94. The van der Waals surface area contributed by atoms with Crippen molar-refractivity contribution in [2.75, 3.05) is 17.0 Å². The molecule has 2 N–H and O–H groups in total. The van der Waals surface area contributed by atoms with E-state index in [9.17, 15) is 22.8 Å². The summed E-state index contributed by atoms with van der Waals surface area (Å²) in [7, 11) is -3.89. The predicted molar refractivity (Wildman–Crippen MR) is 86.3 cm³/mol. The summed E-state index contributed by atoms with van der Waals surface area (Å²) in [5.74, 6) is -1.56. The first kappa shape index (κ1) is 15.9. The van der Waals surface area contributed by atoms with Crippen molar-refractivity contribution in [1.29, 1.82) is 0 Å². The van der Waals surface area contributed by atoms with E-state index in [0.29, 0.717) is 0 Å². The highest BCUT2D eigenvalue weighted by Gasteiger charge is 2.35. The first-order valence-corrected chi connectivity index (χ1v) is 8.68. The summed E-state index contributed by atoms with van der Waals surface area (Å²) in [5.41, 5.74) is -0.193. The van der Waals surface area contributed by atoms with Gasteiger partial charge in [0.1, 0.15) is 5.69 Å². The molecule has 1 aliphatic rings. The van der Waals surface area contributed by atoms with Gasteiger partial charge in [0.15, 0.2) is 0 Å². The van der Waals surface area contributed by atoms with Crippen molar-refractivity contribution in [2.45, 2.75) is 0 Å². The second kappa shape index (κ2) is 5.93. The number of benzene rings is 1. The molecule has 0 spiro atoms. The molecule has 0 aliphatic carbocycles. The maximum Gasteiger partial charge on any atom is 0.272 e. The summed E-state index contributed by atoms with van der Waals surface area (Å²) in [4.78, 5) is 39.1. The lowest BCUT2D eigenvalue weighted by Gasteiger charge is -2.14. The topological polar surface area (TPSA) is 116 Å². The number of nitrogens with zero attached hydrogens (tertiary/aromatic N) is 1. The summed E-state index contributed by atoms with van der Waals surface area (Å²) < 4.78 is 26.3. The number of aromatic nitrogens is 1. The van der Waals surface area contributed by atoms with Crippen molar-refractivity contribution < 1.29 is 18.0 Å².